The van der Waals surface area contributed by atoms with Crippen LogP contribution in [0.4, 0.5) is 8.78 Å². The molecule has 0 rings (SSSR count). The van der Waals surface area contributed by atoms with E-state index in [0.29, 0.717) is 18.6 Å². The van der Waals surface area contributed by atoms with E-state index in [2.05, 4.69) is 26.1 Å². The normalized spacial score (nSPS) is 15.0. The summed E-state index contributed by atoms with van der Waals surface area (Å²) in [6.07, 6.45) is 3.08. The van der Waals surface area contributed by atoms with Crippen LogP contribution in [0, 0.1) is 5.92 Å². The number of nitrogens with one attached hydrogen (secondary N) is 1. The summed E-state index contributed by atoms with van der Waals surface area (Å²) in [7, 11) is 0. The Bertz CT molecular complexity index is 179. The summed E-state index contributed by atoms with van der Waals surface area (Å²) in [5.74, 6) is 0.680. The van der Waals surface area contributed by atoms with Crippen LogP contribution in [0.15, 0.2) is 0 Å². The maximum absolute atomic E-state index is 11.9. The lowest BCUT2D eigenvalue weighted by atomic mass is 9.95. The predicted molar refractivity (Wildman–Crippen MR) is 72.2 cm³/mol. The molecule has 0 aliphatic rings. The van der Waals surface area contributed by atoms with Crippen LogP contribution in [-0.4, -0.2) is 32.2 Å². The molecule has 4 heteroatoms. The molecule has 2 nitrogen and oxygen atoms in total. The maximum atomic E-state index is 11.9. The summed E-state index contributed by atoms with van der Waals surface area (Å²) in [5, 5.41) is 3.48. The molecule has 0 bridgehead atoms. The van der Waals surface area contributed by atoms with Gasteiger partial charge in [0.15, 0.2) is 0 Å². The Morgan fingerprint density at radius 2 is 1.83 bits per heavy atom. The van der Waals surface area contributed by atoms with Crippen LogP contribution in [0.1, 0.15) is 52.9 Å². The van der Waals surface area contributed by atoms with Crippen LogP contribution >= 0.6 is 0 Å². The second-order valence-electron chi connectivity index (χ2n) is 5.04. The molecule has 2 atom stereocenters. The van der Waals surface area contributed by atoms with Crippen LogP contribution < -0.4 is 5.32 Å². The lowest BCUT2D eigenvalue weighted by Crippen LogP contribution is -2.32. The Morgan fingerprint density at radius 1 is 1.11 bits per heavy atom. The lowest BCUT2D eigenvalue weighted by Gasteiger charge is -2.22. The van der Waals surface area contributed by atoms with Crippen molar-refractivity contribution in [3.63, 3.8) is 0 Å². The van der Waals surface area contributed by atoms with Gasteiger partial charge in [0.2, 0.25) is 0 Å². The molecule has 0 saturated heterocycles. The Kier molecular flexibility index (Phi) is 11.7. The van der Waals surface area contributed by atoms with Gasteiger partial charge in [0.1, 0.15) is 6.61 Å². The van der Waals surface area contributed by atoms with E-state index in [4.69, 9.17) is 4.74 Å². The van der Waals surface area contributed by atoms with E-state index in [1.54, 1.807) is 0 Å². The molecule has 0 aliphatic heterocycles. The monoisotopic (exact) mass is 265 g/mol. The van der Waals surface area contributed by atoms with Crippen molar-refractivity contribution in [2.45, 2.75) is 65.3 Å². The Morgan fingerprint density at radius 3 is 2.39 bits per heavy atom. The highest BCUT2D eigenvalue weighted by Gasteiger charge is 2.12. The Balaban J connectivity index is 3.82. The predicted octanol–water partition coefficient (Wildman–Crippen LogP) is 3.85. The standard InChI is InChI=1S/C14H29F2NO/c1-4-6-12(3)10-13(17-8-5-2)7-9-18-11-14(15)16/h12-14,17H,4-11H2,1-3H3. The quantitative estimate of drug-likeness (QED) is 0.541. The molecule has 2 unspecified atom stereocenters. The fourth-order valence-electron chi connectivity index (χ4n) is 2.15. The van der Waals surface area contributed by atoms with Crippen molar-refractivity contribution in [2.75, 3.05) is 19.8 Å². The van der Waals surface area contributed by atoms with Gasteiger partial charge in [-0.25, -0.2) is 8.78 Å². The van der Waals surface area contributed by atoms with E-state index in [-0.39, 0.29) is 0 Å². The molecule has 0 aromatic carbocycles. The topological polar surface area (TPSA) is 21.3 Å². The van der Waals surface area contributed by atoms with Crippen LogP contribution in [0.5, 0.6) is 0 Å². The fraction of sp³-hybridized carbons (Fsp3) is 1.00. The number of halogens is 2. The third-order valence-electron chi connectivity index (χ3n) is 3.01. The third-order valence-corrected chi connectivity index (χ3v) is 3.01. The largest absolute Gasteiger partial charge is 0.375 e. The number of hydrogen-bond donors (Lipinski definition) is 1. The highest BCUT2D eigenvalue weighted by molar-refractivity contribution is 4.70. The molecule has 110 valence electrons. The first-order chi connectivity index (χ1) is 8.60. The SMILES string of the molecule is CCCNC(CCOCC(F)F)CC(C)CCC. The van der Waals surface area contributed by atoms with Crippen molar-refractivity contribution >= 4 is 0 Å². The molecule has 0 heterocycles. The van der Waals surface area contributed by atoms with Crippen molar-refractivity contribution < 1.29 is 13.5 Å². The minimum absolute atomic E-state index is 0.393. The average Bonchev–Trinajstić information content (AvgIpc) is 2.31. The fourth-order valence-corrected chi connectivity index (χ4v) is 2.15. The summed E-state index contributed by atoms with van der Waals surface area (Å²) < 4.78 is 28.8. The zero-order valence-corrected chi connectivity index (χ0v) is 12.1. The van der Waals surface area contributed by atoms with E-state index in [9.17, 15) is 8.78 Å². The highest BCUT2D eigenvalue weighted by atomic mass is 19.3. The number of ether oxygens (including phenoxy) is 1. The second kappa shape index (κ2) is 11.8. The van der Waals surface area contributed by atoms with Crippen molar-refractivity contribution in [1.82, 2.24) is 5.32 Å². The van der Waals surface area contributed by atoms with Gasteiger partial charge in [-0.05, 0) is 31.7 Å². The van der Waals surface area contributed by atoms with Crippen LogP contribution in [0.3, 0.4) is 0 Å². The van der Waals surface area contributed by atoms with Gasteiger partial charge in [-0.2, -0.15) is 0 Å². The molecule has 0 saturated carbocycles. The molecule has 0 fully saturated rings. The summed E-state index contributed by atoms with van der Waals surface area (Å²) in [4.78, 5) is 0. The van der Waals surface area contributed by atoms with Crippen molar-refractivity contribution in [2.24, 2.45) is 5.92 Å². The van der Waals surface area contributed by atoms with E-state index < -0.39 is 13.0 Å². The van der Waals surface area contributed by atoms with Gasteiger partial charge in [0.05, 0.1) is 0 Å². The number of hydrogen-bond acceptors (Lipinski definition) is 2. The first kappa shape index (κ1) is 17.8. The summed E-state index contributed by atoms with van der Waals surface area (Å²) in [6.45, 7) is 7.54. The van der Waals surface area contributed by atoms with Crippen molar-refractivity contribution in [1.29, 1.82) is 0 Å². The molecule has 0 aliphatic carbocycles. The van der Waals surface area contributed by atoms with Crippen molar-refractivity contribution in [3.8, 4) is 0 Å². The molecule has 0 amide bonds. The van der Waals surface area contributed by atoms with Gasteiger partial charge in [0.25, 0.3) is 6.43 Å². The van der Waals surface area contributed by atoms with Gasteiger partial charge >= 0.3 is 0 Å². The zero-order valence-electron chi connectivity index (χ0n) is 12.1. The summed E-state index contributed by atoms with van der Waals surface area (Å²) in [6, 6.07) is 0.393. The van der Waals surface area contributed by atoms with Gasteiger partial charge < -0.3 is 10.1 Å². The summed E-state index contributed by atoms with van der Waals surface area (Å²) >= 11 is 0. The van der Waals surface area contributed by atoms with Crippen molar-refractivity contribution in [3.05, 3.63) is 0 Å². The van der Waals surface area contributed by atoms with E-state index in [1.165, 1.54) is 12.8 Å². The third kappa shape index (κ3) is 10.9. The van der Waals surface area contributed by atoms with Crippen LogP contribution in [0.25, 0.3) is 0 Å². The smallest absolute Gasteiger partial charge is 0.261 e. The highest BCUT2D eigenvalue weighted by Crippen LogP contribution is 2.14. The maximum Gasteiger partial charge on any atom is 0.261 e. The minimum Gasteiger partial charge on any atom is -0.375 e. The second-order valence-corrected chi connectivity index (χ2v) is 5.04. The molecule has 18 heavy (non-hydrogen) atoms. The first-order valence-corrected chi connectivity index (χ1v) is 7.19. The zero-order chi connectivity index (χ0) is 13.8. The Labute approximate surface area is 110 Å². The Hall–Kier alpha value is -0.220. The average molecular weight is 265 g/mol. The van der Waals surface area contributed by atoms with Crippen LogP contribution in [0.2, 0.25) is 0 Å². The molecule has 1 N–H and O–H groups in total. The molecular formula is C14H29F2NO. The molecule has 0 spiro atoms. The van der Waals surface area contributed by atoms with Gasteiger partial charge in [0, 0.05) is 12.6 Å². The minimum atomic E-state index is -2.36. The van der Waals surface area contributed by atoms with E-state index in [1.807, 2.05) is 0 Å². The lowest BCUT2D eigenvalue weighted by molar-refractivity contribution is 0.0138. The van der Waals surface area contributed by atoms with Gasteiger partial charge in [-0.15, -0.1) is 0 Å². The summed E-state index contributed by atoms with van der Waals surface area (Å²) in [5.41, 5.74) is 0. The van der Waals surface area contributed by atoms with Gasteiger partial charge in [-0.1, -0.05) is 33.6 Å². The van der Waals surface area contributed by atoms with Gasteiger partial charge in [-0.3, -0.25) is 0 Å². The number of rotatable bonds is 12. The molecule has 0 aromatic rings. The molecular weight excluding hydrogens is 236 g/mol. The molecule has 0 aromatic heterocycles. The van der Waals surface area contributed by atoms with E-state index in [0.717, 1.165) is 25.8 Å². The molecule has 0 radical (unpaired) electrons. The first-order valence-electron chi connectivity index (χ1n) is 7.19. The van der Waals surface area contributed by atoms with Crippen LogP contribution in [-0.2, 0) is 4.74 Å². The number of alkyl halides is 2. The van der Waals surface area contributed by atoms with E-state index >= 15 is 0 Å².